The minimum absolute atomic E-state index is 0.0163. The third kappa shape index (κ3) is 5.73. The van der Waals surface area contributed by atoms with Gasteiger partial charge in [-0.05, 0) is 37.5 Å². The molecule has 5 aliphatic rings. The number of fused-ring (bicyclic) bond motifs is 3. The number of alkyl halides is 6. The maximum atomic E-state index is 14.3. The zero-order valence-corrected chi connectivity index (χ0v) is 27.4. The van der Waals surface area contributed by atoms with Gasteiger partial charge >= 0.3 is 18.3 Å². The molecule has 4 fully saturated rings. The van der Waals surface area contributed by atoms with Crippen LogP contribution in [0.25, 0.3) is 10.6 Å². The summed E-state index contributed by atoms with van der Waals surface area (Å²) < 4.78 is 113. The second-order valence-corrected chi connectivity index (χ2v) is 16.0. The molecule has 50 heavy (non-hydrogen) atoms. The average molecular weight is 744 g/mol. The van der Waals surface area contributed by atoms with E-state index in [1.807, 2.05) is 4.90 Å². The molecule has 3 aromatic rings. The van der Waals surface area contributed by atoms with Crippen molar-refractivity contribution >= 4 is 50.4 Å². The molecule has 2 atom stereocenters. The molecule has 3 aromatic heterocycles. The number of hydrogen-bond donors (Lipinski definition) is 1. The predicted octanol–water partition coefficient (Wildman–Crippen LogP) is 4.22. The van der Waals surface area contributed by atoms with E-state index >= 15 is 0 Å². The second-order valence-electron chi connectivity index (χ2n) is 12.9. The largest absolute Gasteiger partial charge is 0.471 e. The molecule has 12 nitrogen and oxygen atoms in total. The number of rotatable bonds is 6. The number of nitrogens with zero attached hydrogens (tertiary/aromatic N) is 6. The Hall–Kier alpha value is -4.04. The van der Waals surface area contributed by atoms with E-state index in [9.17, 15) is 44.3 Å². The Morgan fingerprint density at radius 2 is 1.76 bits per heavy atom. The van der Waals surface area contributed by atoms with Crippen LogP contribution in [0.15, 0.2) is 29.3 Å². The van der Waals surface area contributed by atoms with E-state index in [1.54, 1.807) is 12.1 Å². The highest BCUT2D eigenvalue weighted by Crippen LogP contribution is 2.46. The minimum atomic E-state index is -4.95. The first kappa shape index (κ1) is 33.1. The van der Waals surface area contributed by atoms with E-state index < -0.39 is 57.1 Å². The number of sulfone groups is 1. The number of amides is 2. The van der Waals surface area contributed by atoms with Crippen molar-refractivity contribution in [2.24, 2.45) is 0 Å². The summed E-state index contributed by atoms with van der Waals surface area (Å²) in [6.45, 7) is 0.497. The SMILES string of the molecule is O=C1c2sc(-c3nc(Nc4ccc(N5C[C@H]6C[C@@H]5CN6C(=O)C(F)(F)F)nc4C4CC4)ncc3C(F)(F)F)cc2S(=O)(=O)CCN1C1COC1. The van der Waals surface area contributed by atoms with Crippen molar-refractivity contribution in [2.75, 3.05) is 48.8 Å². The number of thiophene rings is 1. The number of hydrogen-bond acceptors (Lipinski definition) is 11. The van der Waals surface area contributed by atoms with Crippen molar-refractivity contribution in [3.05, 3.63) is 40.5 Å². The lowest BCUT2D eigenvalue weighted by Crippen LogP contribution is -2.52. The molecule has 20 heteroatoms. The first-order valence-corrected chi connectivity index (χ1v) is 18.2. The standard InChI is InChI=1S/C30H27F6N7O5S2/c31-29(32,33)18-9-37-28(40-24(18)20-8-21-25(49-20)26(44)41(17-12-48-13-17)5-6-50(21,46)47)38-19-3-4-22(39-23(19)14-1-2-14)42-10-16-7-15(42)11-43(16)27(45)30(34,35)36/h3-4,8-9,14-17H,1-2,5-7,10-13H2,(H,37,38,40)/t15-,16-/m1/s1. The topological polar surface area (TPSA) is 138 Å². The van der Waals surface area contributed by atoms with Crippen molar-refractivity contribution in [3.8, 4) is 10.6 Å². The van der Waals surface area contributed by atoms with Gasteiger partial charge in [-0.25, -0.2) is 23.4 Å². The molecule has 1 N–H and O–H groups in total. The normalized spacial score (nSPS) is 23.6. The van der Waals surface area contributed by atoms with Gasteiger partial charge in [-0.2, -0.15) is 26.3 Å². The number of likely N-dealkylation sites (tertiary alicyclic amines) is 1. The number of carbonyl (C=O) groups excluding carboxylic acids is 2. The molecule has 266 valence electrons. The van der Waals surface area contributed by atoms with Gasteiger partial charge in [0.15, 0.2) is 9.84 Å². The van der Waals surface area contributed by atoms with Gasteiger partial charge in [0.25, 0.3) is 5.91 Å². The van der Waals surface area contributed by atoms with Gasteiger partial charge in [0.1, 0.15) is 16.3 Å². The third-order valence-electron chi connectivity index (χ3n) is 9.64. The first-order valence-electron chi connectivity index (χ1n) is 15.7. The summed E-state index contributed by atoms with van der Waals surface area (Å²) >= 11 is 0.622. The zero-order chi connectivity index (χ0) is 35.3. The summed E-state index contributed by atoms with van der Waals surface area (Å²) in [6, 6.07) is 3.07. The fourth-order valence-corrected chi connectivity index (χ4v) is 9.82. The van der Waals surface area contributed by atoms with Crippen LogP contribution in [0.2, 0.25) is 0 Å². The van der Waals surface area contributed by atoms with Crippen LogP contribution in [0.5, 0.6) is 0 Å². The maximum Gasteiger partial charge on any atom is 0.471 e. The van der Waals surface area contributed by atoms with E-state index in [0.717, 1.165) is 23.8 Å². The molecular formula is C30H27F6N7O5S2. The lowest BCUT2D eigenvalue weighted by molar-refractivity contribution is -0.186. The molecule has 8 rings (SSSR count). The average Bonchev–Trinajstić information content (AvgIpc) is 3.46. The predicted molar refractivity (Wildman–Crippen MR) is 165 cm³/mol. The van der Waals surface area contributed by atoms with E-state index in [-0.39, 0.29) is 71.4 Å². The number of piperazine rings is 1. The third-order valence-corrected chi connectivity index (χ3v) is 12.6. The van der Waals surface area contributed by atoms with Crippen molar-refractivity contribution in [1.29, 1.82) is 0 Å². The van der Waals surface area contributed by atoms with Crippen molar-refractivity contribution < 1.29 is 49.1 Å². The van der Waals surface area contributed by atoms with Crippen molar-refractivity contribution in [1.82, 2.24) is 24.8 Å². The molecule has 0 radical (unpaired) electrons. The number of anilines is 3. The summed E-state index contributed by atoms with van der Waals surface area (Å²) in [5.74, 6) is -2.55. The van der Waals surface area contributed by atoms with Crippen LogP contribution in [0.4, 0.5) is 43.8 Å². The zero-order valence-electron chi connectivity index (χ0n) is 25.8. The monoisotopic (exact) mass is 743 g/mol. The van der Waals surface area contributed by atoms with Gasteiger partial charge in [0.2, 0.25) is 5.95 Å². The van der Waals surface area contributed by atoms with E-state index in [0.29, 0.717) is 41.2 Å². The Morgan fingerprint density at radius 1 is 1.00 bits per heavy atom. The summed E-state index contributed by atoms with van der Waals surface area (Å²) in [5, 5.41) is 2.96. The van der Waals surface area contributed by atoms with Gasteiger partial charge in [0.05, 0.1) is 63.9 Å². The molecule has 0 spiro atoms. The number of pyridine rings is 1. The highest BCUT2D eigenvalue weighted by atomic mass is 32.2. The molecule has 4 aliphatic heterocycles. The number of aromatic nitrogens is 3. The summed E-state index contributed by atoms with van der Waals surface area (Å²) in [4.78, 5) is 41.5. The maximum absolute atomic E-state index is 14.3. The van der Waals surface area contributed by atoms with Gasteiger partial charge in [-0.1, -0.05) is 0 Å². The van der Waals surface area contributed by atoms with E-state index in [1.165, 1.54) is 4.90 Å². The Balaban J connectivity index is 1.10. The minimum Gasteiger partial charge on any atom is -0.377 e. The van der Waals surface area contributed by atoms with E-state index in [2.05, 4.69) is 15.3 Å². The molecule has 1 saturated carbocycles. The van der Waals surface area contributed by atoms with Crippen LogP contribution in [0.1, 0.15) is 46.1 Å². The smallest absolute Gasteiger partial charge is 0.377 e. The Bertz CT molecular complexity index is 2010. The molecule has 7 heterocycles. The highest BCUT2D eigenvalue weighted by molar-refractivity contribution is 7.91. The van der Waals surface area contributed by atoms with Crippen LogP contribution in [-0.2, 0) is 25.5 Å². The number of ether oxygens (including phenoxy) is 1. The van der Waals surface area contributed by atoms with Gasteiger partial charge in [-0.15, -0.1) is 11.3 Å². The van der Waals surface area contributed by atoms with Crippen LogP contribution in [0.3, 0.4) is 0 Å². The van der Waals surface area contributed by atoms with E-state index in [4.69, 9.17) is 9.72 Å². The summed E-state index contributed by atoms with van der Waals surface area (Å²) in [6.07, 6.45) is -7.32. The quantitative estimate of drug-likeness (QED) is 0.366. The van der Waals surface area contributed by atoms with Crippen LogP contribution in [-0.4, -0.2) is 108 Å². The lowest BCUT2D eigenvalue weighted by Gasteiger charge is -2.36. The molecule has 2 amide bonds. The number of nitrogens with one attached hydrogen (secondary N) is 1. The Labute approximate surface area is 284 Å². The van der Waals surface area contributed by atoms with Crippen molar-refractivity contribution in [2.45, 2.75) is 60.6 Å². The first-order chi connectivity index (χ1) is 23.6. The summed E-state index contributed by atoms with van der Waals surface area (Å²) in [5.41, 5.74) is -0.818. The Kier molecular flexibility index (Phi) is 7.61. The molecule has 1 aliphatic carbocycles. The molecule has 3 saturated heterocycles. The van der Waals surface area contributed by atoms with Crippen LogP contribution >= 0.6 is 11.3 Å². The number of halogens is 6. The van der Waals surface area contributed by atoms with Crippen LogP contribution in [0, 0.1) is 0 Å². The lowest BCUT2D eigenvalue weighted by atomic mass is 10.2. The fourth-order valence-electron chi connectivity index (χ4n) is 6.90. The number of carbonyl (C=O) groups is 2. The van der Waals surface area contributed by atoms with Gasteiger partial charge in [-0.3, -0.25) is 9.59 Å². The second kappa shape index (κ2) is 11.5. The Morgan fingerprint density at radius 3 is 2.38 bits per heavy atom. The molecule has 0 unspecified atom stereocenters. The van der Waals surface area contributed by atoms with Gasteiger partial charge < -0.3 is 24.8 Å². The fraction of sp³-hybridized carbons (Fsp3) is 0.500. The van der Waals surface area contributed by atoms with Gasteiger partial charge in [0, 0.05) is 31.7 Å². The molecule has 2 bridgehead atoms. The molecule has 0 aromatic carbocycles. The highest BCUT2D eigenvalue weighted by Gasteiger charge is 2.53. The molecular weight excluding hydrogens is 716 g/mol. The van der Waals surface area contributed by atoms with Crippen LogP contribution < -0.4 is 10.2 Å². The summed E-state index contributed by atoms with van der Waals surface area (Å²) in [7, 11) is -4.01. The van der Waals surface area contributed by atoms with Crippen molar-refractivity contribution in [3.63, 3.8) is 0 Å².